The maximum absolute atomic E-state index is 12.8. The van der Waals surface area contributed by atoms with E-state index in [-0.39, 0.29) is 5.91 Å². The SMILES string of the molecule is COc1ccc(C)c2c1N(C(=O)CCc1ccccc1)CCC2. The van der Waals surface area contributed by atoms with Gasteiger partial charge < -0.3 is 9.64 Å². The zero-order chi connectivity index (χ0) is 16.2. The molecule has 0 unspecified atom stereocenters. The Balaban J connectivity index is 1.82. The molecule has 3 heteroatoms. The first-order valence-electron chi connectivity index (χ1n) is 8.21. The van der Waals surface area contributed by atoms with Gasteiger partial charge in [0, 0.05) is 13.0 Å². The summed E-state index contributed by atoms with van der Waals surface area (Å²) in [6.07, 6.45) is 3.33. The van der Waals surface area contributed by atoms with E-state index < -0.39 is 0 Å². The Bertz CT molecular complexity index is 694. The summed E-state index contributed by atoms with van der Waals surface area (Å²) in [4.78, 5) is 14.7. The molecule has 0 spiro atoms. The average Bonchev–Trinajstić information content (AvgIpc) is 2.60. The van der Waals surface area contributed by atoms with E-state index in [0.29, 0.717) is 6.42 Å². The van der Waals surface area contributed by atoms with Gasteiger partial charge in [0.05, 0.1) is 12.8 Å². The summed E-state index contributed by atoms with van der Waals surface area (Å²) < 4.78 is 5.52. The van der Waals surface area contributed by atoms with E-state index in [0.717, 1.165) is 37.2 Å². The van der Waals surface area contributed by atoms with E-state index in [4.69, 9.17) is 4.74 Å². The molecule has 0 aliphatic carbocycles. The Hall–Kier alpha value is -2.29. The topological polar surface area (TPSA) is 29.5 Å². The number of fused-ring (bicyclic) bond motifs is 1. The van der Waals surface area contributed by atoms with Crippen LogP contribution >= 0.6 is 0 Å². The maximum Gasteiger partial charge on any atom is 0.227 e. The van der Waals surface area contributed by atoms with E-state index >= 15 is 0 Å². The van der Waals surface area contributed by atoms with Crippen molar-refractivity contribution in [1.29, 1.82) is 0 Å². The number of rotatable bonds is 4. The zero-order valence-electron chi connectivity index (χ0n) is 13.8. The minimum atomic E-state index is 0.179. The first kappa shape index (κ1) is 15.6. The quantitative estimate of drug-likeness (QED) is 0.857. The van der Waals surface area contributed by atoms with Crippen LogP contribution in [0.1, 0.15) is 29.5 Å². The fourth-order valence-electron chi connectivity index (χ4n) is 3.30. The van der Waals surface area contributed by atoms with Gasteiger partial charge in [-0.1, -0.05) is 36.4 Å². The van der Waals surface area contributed by atoms with E-state index in [9.17, 15) is 4.79 Å². The van der Waals surface area contributed by atoms with Gasteiger partial charge in [-0.3, -0.25) is 4.79 Å². The molecular weight excluding hydrogens is 286 g/mol. The predicted octanol–water partition coefficient (Wildman–Crippen LogP) is 3.92. The minimum Gasteiger partial charge on any atom is -0.495 e. The highest BCUT2D eigenvalue weighted by Crippen LogP contribution is 2.38. The number of benzene rings is 2. The summed E-state index contributed by atoms with van der Waals surface area (Å²) in [5.74, 6) is 0.983. The van der Waals surface area contributed by atoms with E-state index in [1.165, 1.54) is 16.7 Å². The third-order valence-electron chi connectivity index (χ3n) is 4.55. The Labute approximate surface area is 137 Å². The first-order chi connectivity index (χ1) is 11.2. The van der Waals surface area contributed by atoms with Gasteiger partial charge in [0.15, 0.2) is 0 Å². The van der Waals surface area contributed by atoms with Crippen LogP contribution < -0.4 is 9.64 Å². The number of amides is 1. The van der Waals surface area contributed by atoms with Crippen molar-refractivity contribution < 1.29 is 9.53 Å². The molecule has 0 fully saturated rings. The monoisotopic (exact) mass is 309 g/mol. The standard InChI is InChI=1S/C20H23NO2/c1-15-10-12-18(23-2)20-17(15)9-6-14-21(20)19(22)13-11-16-7-4-3-5-8-16/h3-5,7-8,10,12H,6,9,11,13-14H2,1-2H3. The van der Waals surface area contributed by atoms with Crippen molar-refractivity contribution >= 4 is 11.6 Å². The molecule has 0 saturated carbocycles. The van der Waals surface area contributed by atoms with Crippen LogP contribution in [0.25, 0.3) is 0 Å². The van der Waals surface area contributed by atoms with Gasteiger partial charge in [-0.15, -0.1) is 0 Å². The van der Waals surface area contributed by atoms with Crippen molar-refractivity contribution in [3.05, 3.63) is 59.2 Å². The number of ether oxygens (including phenoxy) is 1. The number of methoxy groups -OCH3 is 1. The third kappa shape index (κ3) is 3.24. The molecule has 0 saturated heterocycles. The van der Waals surface area contributed by atoms with Gasteiger partial charge >= 0.3 is 0 Å². The van der Waals surface area contributed by atoms with Crippen molar-refractivity contribution in [1.82, 2.24) is 0 Å². The summed E-state index contributed by atoms with van der Waals surface area (Å²) >= 11 is 0. The van der Waals surface area contributed by atoms with Crippen molar-refractivity contribution in [3.63, 3.8) is 0 Å². The van der Waals surface area contributed by atoms with E-state index in [1.807, 2.05) is 29.2 Å². The lowest BCUT2D eigenvalue weighted by Gasteiger charge is -2.32. The number of aryl methyl sites for hydroxylation is 2. The maximum atomic E-state index is 12.8. The van der Waals surface area contributed by atoms with Crippen LogP contribution in [-0.4, -0.2) is 19.6 Å². The zero-order valence-corrected chi connectivity index (χ0v) is 13.8. The summed E-state index contributed by atoms with van der Waals surface area (Å²) in [5.41, 5.74) is 4.68. The Morgan fingerprint density at radius 1 is 1.17 bits per heavy atom. The Kier molecular flexibility index (Phi) is 4.65. The van der Waals surface area contributed by atoms with Gasteiger partial charge in [0.1, 0.15) is 5.75 Å². The van der Waals surface area contributed by atoms with Crippen LogP contribution in [-0.2, 0) is 17.6 Å². The second-order valence-electron chi connectivity index (χ2n) is 6.05. The van der Waals surface area contributed by atoms with Gasteiger partial charge in [0.25, 0.3) is 0 Å². The molecule has 0 bridgehead atoms. The molecule has 120 valence electrons. The summed E-state index contributed by atoms with van der Waals surface area (Å²) in [5, 5.41) is 0. The number of carbonyl (C=O) groups excluding carboxylic acids is 1. The number of anilines is 1. The molecule has 1 amide bonds. The highest BCUT2D eigenvalue weighted by Gasteiger charge is 2.26. The lowest BCUT2D eigenvalue weighted by molar-refractivity contribution is -0.118. The molecule has 0 N–H and O–H groups in total. The smallest absolute Gasteiger partial charge is 0.227 e. The fraction of sp³-hybridized carbons (Fsp3) is 0.350. The number of hydrogen-bond donors (Lipinski definition) is 0. The fourth-order valence-corrected chi connectivity index (χ4v) is 3.30. The number of nitrogens with zero attached hydrogens (tertiary/aromatic N) is 1. The van der Waals surface area contributed by atoms with Crippen LogP contribution in [0.5, 0.6) is 5.75 Å². The molecule has 0 radical (unpaired) electrons. The highest BCUT2D eigenvalue weighted by molar-refractivity contribution is 5.96. The summed E-state index contributed by atoms with van der Waals surface area (Å²) in [6.45, 7) is 2.89. The first-order valence-corrected chi connectivity index (χ1v) is 8.21. The van der Waals surface area contributed by atoms with Gasteiger partial charge in [-0.05, 0) is 48.9 Å². The van der Waals surface area contributed by atoms with Crippen molar-refractivity contribution in [2.45, 2.75) is 32.6 Å². The molecule has 1 heterocycles. The van der Waals surface area contributed by atoms with Gasteiger partial charge in [-0.25, -0.2) is 0 Å². The van der Waals surface area contributed by atoms with Crippen LogP contribution in [0.3, 0.4) is 0 Å². The van der Waals surface area contributed by atoms with Gasteiger partial charge in [0.2, 0.25) is 5.91 Å². The second-order valence-corrected chi connectivity index (χ2v) is 6.05. The molecule has 2 aromatic carbocycles. The molecule has 2 aromatic rings. The Morgan fingerprint density at radius 3 is 2.70 bits per heavy atom. The minimum absolute atomic E-state index is 0.179. The Morgan fingerprint density at radius 2 is 1.96 bits per heavy atom. The highest BCUT2D eigenvalue weighted by atomic mass is 16.5. The second kappa shape index (κ2) is 6.86. The van der Waals surface area contributed by atoms with Crippen LogP contribution in [0.2, 0.25) is 0 Å². The average molecular weight is 309 g/mol. The van der Waals surface area contributed by atoms with Crippen LogP contribution in [0, 0.1) is 6.92 Å². The van der Waals surface area contributed by atoms with E-state index in [1.54, 1.807) is 7.11 Å². The molecule has 1 aliphatic rings. The lowest BCUT2D eigenvalue weighted by Crippen LogP contribution is -2.36. The van der Waals surface area contributed by atoms with Crippen LogP contribution in [0.15, 0.2) is 42.5 Å². The predicted molar refractivity (Wildman–Crippen MR) is 93.2 cm³/mol. The van der Waals surface area contributed by atoms with Crippen molar-refractivity contribution in [3.8, 4) is 5.75 Å². The molecule has 0 aromatic heterocycles. The van der Waals surface area contributed by atoms with Crippen LogP contribution in [0.4, 0.5) is 5.69 Å². The third-order valence-corrected chi connectivity index (χ3v) is 4.55. The number of hydrogen-bond acceptors (Lipinski definition) is 2. The summed E-state index contributed by atoms with van der Waals surface area (Å²) in [7, 11) is 1.67. The number of carbonyl (C=O) groups is 1. The molecule has 3 nitrogen and oxygen atoms in total. The summed E-state index contributed by atoms with van der Waals surface area (Å²) in [6, 6.07) is 14.2. The largest absolute Gasteiger partial charge is 0.495 e. The van der Waals surface area contributed by atoms with E-state index in [2.05, 4.69) is 25.1 Å². The molecule has 23 heavy (non-hydrogen) atoms. The molecule has 0 atom stereocenters. The lowest BCUT2D eigenvalue weighted by atomic mass is 9.95. The normalized spacial score (nSPS) is 13.6. The molecule has 1 aliphatic heterocycles. The molecule has 3 rings (SSSR count). The van der Waals surface area contributed by atoms with Crippen molar-refractivity contribution in [2.75, 3.05) is 18.6 Å². The van der Waals surface area contributed by atoms with Gasteiger partial charge in [-0.2, -0.15) is 0 Å². The molecular formula is C20H23NO2. The van der Waals surface area contributed by atoms with Crippen molar-refractivity contribution in [2.24, 2.45) is 0 Å².